The summed E-state index contributed by atoms with van der Waals surface area (Å²) in [4.78, 5) is 1.73. The monoisotopic (exact) mass is 301 g/mol. The van der Waals surface area contributed by atoms with Gasteiger partial charge >= 0.3 is 12.4 Å². The zero-order chi connectivity index (χ0) is 15.7. The maximum Gasteiger partial charge on any atom is 0.416 e. The lowest BCUT2D eigenvalue weighted by Gasteiger charge is -2.29. The lowest BCUT2D eigenvalue weighted by molar-refractivity contribution is -0.100. The van der Waals surface area contributed by atoms with Crippen molar-refractivity contribution in [2.45, 2.75) is 38.7 Å². The Kier molecular flexibility index (Phi) is 4.94. The van der Waals surface area contributed by atoms with Crippen LogP contribution in [0.1, 0.15) is 20.3 Å². The van der Waals surface area contributed by atoms with E-state index in [-0.39, 0.29) is 18.7 Å². The quantitative estimate of drug-likeness (QED) is 0.702. The third-order valence-corrected chi connectivity index (χ3v) is 3.32. The molecule has 0 aromatic heterocycles. The van der Waals surface area contributed by atoms with Crippen LogP contribution >= 0.6 is 0 Å². The second kappa shape index (κ2) is 5.79. The zero-order valence-corrected chi connectivity index (χ0v) is 11.4. The minimum Gasteiger partial charge on any atom is -0.303 e. The van der Waals surface area contributed by atoms with Crippen LogP contribution in [-0.4, -0.2) is 36.9 Å². The highest BCUT2D eigenvalue weighted by atomic mass is 19.4. The molecule has 0 aliphatic heterocycles. The van der Waals surface area contributed by atoms with Crippen LogP contribution in [-0.2, 0) is 0 Å². The van der Waals surface area contributed by atoms with E-state index in [1.165, 1.54) is 0 Å². The van der Waals surface area contributed by atoms with Crippen LogP contribution in [0.15, 0.2) is 23.3 Å². The molecular formula is C13H17F6N. The predicted molar refractivity (Wildman–Crippen MR) is 64.1 cm³/mol. The molecule has 0 saturated heterocycles. The third kappa shape index (κ3) is 4.54. The van der Waals surface area contributed by atoms with Crippen molar-refractivity contribution in [3.8, 4) is 0 Å². The second-order valence-electron chi connectivity index (χ2n) is 5.28. The van der Waals surface area contributed by atoms with E-state index in [0.29, 0.717) is 0 Å². The van der Waals surface area contributed by atoms with Crippen LogP contribution in [0, 0.1) is 5.92 Å². The van der Waals surface area contributed by atoms with Gasteiger partial charge in [0.05, 0.1) is 5.57 Å². The summed E-state index contributed by atoms with van der Waals surface area (Å²) in [5.74, 6) is -0.791. The Morgan fingerprint density at radius 2 is 1.70 bits per heavy atom. The van der Waals surface area contributed by atoms with Crippen LogP contribution in [0.3, 0.4) is 0 Å². The van der Waals surface area contributed by atoms with Crippen LogP contribution < -0.4 is 0 Å². The Labute approximate surface area is 113 Å². The summed E-state index contributed by atoms with van der Waals surface area (Å²) in [5, 5.41) is 0. The number of halogens is 6. The van der Waals surface area contributed by atoms with Gasteiger partial charge in [-0.3, -0.25) is 0 Å². The van der Waals surface area contributed by atoms with Gasteiger partial charge in [-0.2, -0.15) is 26.3 Å². The lowest BCUT2D eigenvalue weighted by atomic mass is 9.89. The third-order valence-electron chi connectivity index (χ3n) is 3.32. The normalized spacial score (nSPS) is 21.2. The van der Waals surface area contributed by atoms with Gasteiger partial charge in [-0.15, -0.1) is 0 Å². The van der Waals surface area contributed by atoms with Crippen molar-refractivity contribution in [2.75, 3.05) is 13.6 Å². The largest absolute Gasteiger partial charge is 0.416 e. The lowest BCUT2D eigenvalue weighted by Crippen LogP contribution is -2.33. The van der Waals surface area contributed by atoms with E-state index in [9.17, 15) is 26.3 Å². The molecule has 0 saturated carbocycles. The van der Waals surface area contributed by atoms with Crippen molar-refractivity contribution in [2.24, 2.45) is 5.92 Å². The van der Waals surface area contributed by atoms with Gasteiger partial charge in [0.1, 0.15) is 0 Å². The molecule has 0 aromatic carbocycles. The molecule has 0 fully saturated rings. The molecular weight excluding hydrogens is 284 g/mol. The van der Waals surface area contributed by atoms with Gasteiger partial charge in [0.2, 0.25) is 0 Å². The van der Waals surface area contributed by atoms with Gasteiger partial charge < -0.3 is 4.90 Å². The van der Waals surface area contributed by atoms with E-state index >= 15 is 0 Å². The van der Waals surface area contributed by atoms with Crippen LogP contribution in [0.25, 0.3) is 0 Å². The second-order valence-corrected chi connectivity index (χ2v) is 5.28. The molecule has 0 amide bonds. The van der Waals surface area contributed by atoms with E-state index < -0.39 is 35.8 Å². The highest BCUT2D eigenvalue weighted by molar-refractivity contribution is 5.35. The summed E-state index contributed by atoms with van der Waals surface area (Å²) in [7, 11) is 1.68. The fourth-order valence-corrected chi connectivity index (χ4v) is 1.96. The molecule has 20 heavy (non-hydrogen) atoms. The van der Waals surface area contributed by atoms with Crippen molar-refractivity contribution in [3.05, 3.63) is 23.3 Å². The fourth-order valence-electron chi connectivity index (χ4n) is 1.96. The van der Waals surface area contributed by atoms with Crippen LogP contribution in [0.5, 0.6) is 0 Å². The molecule has 0 spiro atoms. The Morgan fingerprint density at radius 3 is 2.10 bits per heavy atom. The SMILES string of the molecule is CC(C)N(C)CC1C=C(C(F)(F)F)C=C(C(F)(F)F)C1. The Balaban J connectivity index is 3.01. The standard InChI is InChI=1S/C13H17F6N/c1-8(2)20(3)7-9-4-10(12(14,15)16)6-11(5-9)13(17,18)19/h4,6,8-9H,5,7H2,1-3H3. The molecule has 0 radical (unpaired) electrons. The van der Waals surface area contributed by atoms with Gasteiger partial charge in [0.15, 0.2) is 0 Å². The number of hydrogen-bond donors (Lipinski definition) is 0. The highest BCUT2D eigenvalue weighted by Crippen LogP contribution is 2.40. The average molecular weight is 301 g/mol. The van der Waals surface area contributed by atoms with Gasteiger partial charge in [0, 0.05) is 18.2 Å². The molecule has 1 aliphatic rings. The van der Waals surface area contributed by atoms with Crippen molar-refractivity contribution >= 4 is 0 Å². The molecule has 0 bridgehead atoms. The summed E-state index contributed by atoms with van der Waals surface area (Å²) < 4.78 is 76.1. The topological polar surface area (TPSA) is 3.24 Å². The first kappa shape index (κ1) is 17.1. The van der Waals surface area contributed by atoms with E-state index in [1.807, 2.05) is 13.8 Å². The number of rotatable bonds is 3. The molecule has 1 nitrogen and oxygen atoms in total. The first-order valence-electron chi connectivity index (χ1n) is 6.18. The number of hydrogen-bond acceptors (Lipinski definition) is 1. The summed E-state index contributed by atoms with van der Waals surface area (Å²) in [6, 6.07) is 0.0537. The van der Waals surface area contributed by atoms with Crippen molar-refractivity contribution in [1.82, 2.24) is 4.90 Å². The minimum absolute atomic E-state index is 0.0537. The van der Waals surface area contributed by atoms with Gasteiger partial charge in [-0.25, -0.2) is 0 Å². The number of alkyl halides is 6. The first-order valence-corrected chi connectivity index (χ1v) is 6.18. The van der Waals surface area contributed by atoms with E-state index in [1.54, 1.807) is 11.9 Å². The van der Waals surface area contributed by atoms with Crippen LogP contribution in [0.4, 0.5) is 26.3 Å². The molecule has 0 heterocycles. The van der Waals surface area contributed by atoms with E-state index in [0.717, 1.165) is 6.08 Å². The summed E-state index contributed by atoms with van der Waals surface area (Å²) in [6.45, 7) is 3.82. The maximum atomic E-state index is 12.7. The van der Waals surface area contributed by atoms with E-state index in [2.05, 4.69) is 0 Å². The molecule has 116 valence electrons. The summed E-state index contributed by atoms with van der Waals surface area (Å²) in [6.07, 6.45) is -8.79. The molecule has 1 aliphatic carbocycles. The van der Waals surface area contributed by atoms with Crippen molar-refractivity contribution in [3.63, 3.8) is 0 Å². The Morgan fingerprint density at radius 1 is 1.15 bits per heavy atom. The molecule has 0 N–H and O–H groups in total. The van der Waals surface area contributed by atoms with Crippen molar-refractivity contribution in [1.29, 1.82) is 0 Å². The maximum absolute atomic E-state index is 12.7. The predicted octanol–water partition coefficient (Wildman–Crippen LogP) is 4.32. The van der Waals surface area contributed by atoms with Gasteiger partial charge in [-0.1, -0.05) is 6.08 Å². The van der Waals surface area contributed by atoms with Crippen LogP contribution in [0.2, 0.25) is 0 Å². The molecule has 1 rings (SSSR count). The minimum atomic E-state index is -4.76. The fraction of sp³-hybridized carbons (Fsp3) is 0.692. The van der Waals surface area contributed by atoms with E-state index in [4.69, 9.17) is 0 Å². The highest BCUT2D eigenvalue weighted by Gasteiger charge is 2.41. The smallest absolute Gasteiger partial charge is 0.303 e. The average Bonchev–Trinajstić information content (AvgIpc) is 2.26. The molecule has 0 aromatic rings. The molecule has 1 unspecified atom stereocenters. The molecule has 7 heteroatoms. The number of nitrogens with zero attached hydrogens (tertiary/aromatic N) is 1. The van der Waals surface area contributed by atoms with Gasteiger partial charge in [-0.05, 0) is 39.3 Å². The Bertz CT molecular complexity index is 402. The van der Waals surface area contributed by atoms with Crippen molar-refractivity contribution < 1.29 is 26.3 Å². The van der Waals surface area contributed by atoms with Gasteiger partial charge in [0.25, 0.3) is 0 Å². The summed E-state index contributed by atoms with van der Waals surface area (Å²) in [5.41, 5.74) is -2.33. The Hall–Kier alpha value is -0.980. The summed E-state index contributed by atoms with van der Waals surface area (Å²) >= 11 is 0. The zero-order valence-electron chi connectivity index (χ0n) is 11.4. The molecule has 1 atom stereocenters. The number of allylic oxidation sites excluding steroid dienone is 3. The first-order chi connectivity index (χ1) is 8.91.